The molecule has 0 unspecified atom stereocenters. The lowest BCUT2D eigenvalue weighted by Gasteiger charge is -2.38. The minimum absolute atomic E-state index is 0.0125. The van der Waals surface area contributed by atoms with Crippen LogP contribution < -0.4 is 5.32 Å². The number of nitrogens with one attached hydrogen (secondary N) is 1. The van der Waals surface area contributed by atoms with Crippen LogP contribution in [-0.4, -0.2) is 4.92 Å². The summed E-state index contributed by atoms with van der Waals surface area (Å²) in [6, 6.07) is 8.06. The highest BCUT2D eigenvalue weighted by atomic mass is 35.5. The molecule has 2 aliphatic rings. The Hall–Kier alpha value is -2.54. The van der Waals surface area contributed by atoms with Gasteiger partial charge in [0, 0.05) is 23.1 Å². The predicted molar refractivity (Wildman–Crippen MR) is 95.9 cm³/mol. The van der Waals surface area contributed by atoms with Gasteiger partial charge in [-0.15, -0.1) is 0 Å². The lowest BCUT2D eigenvalue weighted by Crippen LogP contribution is -2.30. The molecule has 0 spiro atoms. The number of anilines is 1. The molecule has 8 heteroatoms. The fraction of sp³-hybridized carbons (Fsp3) is 0.263. The van der Waals surface area contributed by atoms with Crippen LogP contribution in [0.15, 0.2) is 48.6 Å². The van der Waals surface area contributed by atoms with E-state index in [-0.39, 0.29) is 34.3 Å². The number of hydrogen-bond acceptors (Lipinski definition) is 3. The molecular formula is C19H14ClF3N2O2. The fourth-order valence-electron chi connectivity index (χ4n) is 4.02. The van der Waals surface area contributed by atoms with Gasteiger partial charge in [0.2, 0.25) is 0 Å². The summed E-state index contributed by atoms with van der Waals surface area (Å²) in [7, 11) is 0. The van der Waals surface area contributed by atoms with Crippen molar-refractivity contribution in [2.45, 2.75) is 24.6 Å². The Morgan fingerprint density at radius 3 is 2.52 bits per heavy atom. The second-order valence-electron chi connectivity index (χ2n) is 6.74. The minimum atomic E-state index is -4.54. The van der Waals surface area contributed by atoms with Gasteiger partial charge in [-0.05, 0) is 35.6 Å². The summed E-state index contributed by atoms with van der Waals surface area (Å²) < 4.78 is 40.7. The van der Waals surface area contributed by atoms with E-state index in [0.29, 0.717) is 17.5 Å². The highest BCUT2D eigenvalue weighted by Gasteiger charge is 2.43. The Balaban J connectivity index is 1.82. The summed E-state index contributed by atoms with van der Waals surface area (Å²) in [5.41, 5.74) is 0.428. The number of rotatable bonds is 2. The molecule has 0 aromatic heterocycles. The van der Waals surface area contributed by atoms with Gasteiger partial charge < -0.3 is 5.32 Å². The smallest absolute Gasteiger partial charge is 0.377 e. The maximum atomic E-state index is 13.6. The van der Waals surface area contributed by atoms with E-state index in [1.165, 1.54) is 12.1 Å². The third-order valence-electron chi connectivity index (χ3n) is 5.20. The number of hydrogen-bond donors (Lipinski definition) is 1. The number of nitrogens with zero attached hydrogens (tertiary/aromatic N) is 1. The molecule has 0 radical (unpaired) electrons. The third-order valence-corrected chi connectivity index (χ3v) is 5.42. The number of non-ortho nitro benzene ring substituents is 1. The number of nitro benzene ring substituents is 1. The second-order valence-corrected chi connectivity index (χ2v) is 7.18. The van der Waals surface area contributed by atoms with Crippen LogP contribution in [0.4, 0.5) is 24.5 Å². The van der Waals surface area contributed by atoms with Gasteiger partial charge in [0.15, 0.2) is 0 Å². The highest BCUT2D eigenvalue weighted by Crippen LogP contribution is 2.53. The molecule has 1 aliphatic carbocycles. The molecule has 0 saturated carbocycles. The molecule has 0 saturated heterocycles. The average molecular weight is 395 g/mol. The molecule has 3 atom stereocenters. The van der Waals surface area contributed by atoms with Crippen LogP contribution in [0.2, 0.25) is 5.02 Å². The summed E-state index contributed by atoms with van der Waals surface area (Å²) >= 11 is 5.96. The molecule has 4 nitrogen and oxygen atoms in total. The lowest BCUT2D eigenvalue weighted by molar-refractivity contribution is -0.384. The monoisotopic (exact) mass is 394 g/mol. The largest absolute Gasteiger partial charge is 0.418 e. The van der Waals surface area contributed by atoms with E-state index >= 15 is 0 Å². The normalized spacial score (nSPS) is 23.5. The van der Waals surface area contributed by atoms with Crippen molar-refractivity contribution in [1.29, 1.82) is 0 Å². The van der Waals surface area contributed by atoms with Crippen LogP contribution in [0.25, 0.3) is 0 Å². The van der Waals surface area contributed by atoms with Crippen molar-refractivity contribution in [2.24, 2.45) is 5.92 Å². The van der Waals surface area contributed by atoms with E-state index in [1.807, 2.05) is 12.2 Å². The number of alkyl halides is 3. The van der Waals surface area contributed by atoms with Crippen LogP contribution in [0, 0.1) is 16.0 Å². The molecule has 2 aromatic rings. The van der Waals surface area contributed by atoms with E-state index < -0.39 is 16.7 Å². The molecule has 2 aromatic carbocycles. The summed E-state index contributed by atoms with van der Waals surface area (Å²) in [6.07, 6.45) is 0.0294. The van der Waals surface area contributed by atoms with Gasteiger partial charge in [-0.3, -0.25) is 10.1 Å². The SMILES string of the molecule is O=[N+]([O-])c1ccc([C@H]2Nc3c(cc(Cl)cc3C(F)(F)F)[C@H]3C=CC[C@H]32)cc1. The van der Waals surface area contributed by atoms with Crippen LogP contribution in [0.1, 0.15) is 35.1 Å². The maximum absolute atomic E-state index is 13.6. The first kappa shape index (κ1) is 17.9. The molecule has 4 rings (SSSR count). The van der Waals surface area contributed by atoms with Crippen molar-refractivity contribution in [3.05, 3.63) is 80.4 Å². The summed E-state index contributed by atoms with van der Waals surface area (Å²) in [6.45, 7) is 0. The molecule has 1 N–H and O–H groups in total. The van der Waals surface area contributed by atoms with Crippen molar-refractivity contribution in [2.75, 3.05) is 5.32 Å². The number of benzene rings is 2. The zero-order chi connectivity index (χ0) is 19.3. The number of nitro groups is 1. The van der Waals surface area contributed by atoms with Gasteiger partial charge in [0.1, 0.15) is 0 Å². The van der Waals surface area contributed by atoms with Crippen molar-refractivity contribution < 1.29 is 18.1 Å². The van der Waals surface area contributed by atoms with Crippen molar-refractivity contribution in [1.82, 2.24) is 0 Å². The molecule has 0 fully saturated rings. The maximum Gasteiger partial charge on any atom is 0.418 e. The van der Waals surface area contributed by atoms with Gasteiger partial charge in [-0.25, -0.2) is 0 Å². The van der Waals surface area contributed by atoms with Crippen molar-refractivity contribution >= 4 is 23.0 Å². The quantitative estimate of drug-likeness (QED) is 0.380. The van der Waals surface area contributed by atoms with Crippen LogP contribution in [-0.2, 0) is 6.18 Å². The zero-order valence-corrected chi connectivity index (χ0v) is 14.6. The Bertz CT molecular complexity index is 941. The van der Waals surface area contributed by atoms with Gasteiger partial charge in [0.05, 0.1) is 22.2 Å². The van der Waals surface area contributed by atoms with Crippen molar-refractivity contribution in [3.63, 3.8) is 0 Å². The van der Waals surface area contributed by atoms with Gasteiger partial charge in [-0.2, -0.15) is 13.2 Å². The Kier molecular flexibility index (Phi) is 4.14. The van der Waals surface area contributed by atoms with Crippen LogP contribution in [0.3, 0.4) is 0 Å². The number of fused-ring (bicyclic) bond motifs is 3. The fourth-order valence-corrected chi connectivity index (χ4v) is 4.25. The van der Waals surface area contributed by atoms with E-state index in [2.05, 4.69) is 5.32 Å². The summed E-state index contributed by atoms with van der Waals surface area (Å²) in [5.74, 6) is -0.181. The Morgan fingerprint density at radius 2 is 1.89 bits per heavy atom. The average Bonchev–Trinajstić information content (AvgIpc) is 3.10. The molecule has 0 bridgehead atoms. The molecule has 1 aliphatic heterocycles. The van der Waals surface area contributed by atoms with Crippen LogP contribution >= 0.6 is 11.6 Å². The standard InChI is InChI=1S/C19H14ClF3N2O2/c20-11-8-15-13-2-1-3-14(13)17(10-4-6-12(7-5-10)25(26)27)24-18(15)16(9-11)19(21,22)23/h1-2,4-9,13-14,17,24H,3H2/t13-,14+,17+/m0/s1. The highest BCUT2D eigenvalue weighted by molar-refractivity contribution is 6.30. The van der Waals surface area contributed by atoms with Gasteiger partial charge in [-0.1, -0.05) is 35.9 Å². The molecular weight excluding hydrogens is 381 g/mol. The molecule has 140 valence electrons. The predicted octanol–water partition coefficient (Wildman–Crippen LogP) is 6.09. The second kappa shape index (κ2) is 6.27. The first-order valence-electron chi connectivity index (χ1n) is 8.34. The minimum Gasteiger partial charge on any atom is -0.377 e. The number of halogens is 4. The third kappa shape index (κ3) is 3.06. The molecule has 0 amide bonds. The first-order valence-corrected chi connectivity index (χ1v) is 8.71. The van der Waals surface area contributed by atoms with Crippen LogP contribution in [0.5, 0.6) is 0 Å². The van der Waals surface area contributed by atoms with Crippen molar-refractivity contribution in [3.8, 4) is 0 Å². The summed E-state index contributed by atoms with van der Waals surface area (Å²) in [4.78, 5) is 10.4. The zero-order valence-electron chi connectivity index (χ0n) is 13.8. The van der Waals surface area contributed by atoms with Gasteiger partial charge >= 0.3 is 6.18 Å². The Morgan fingerprint density at radius 1 is 1.19 bits per heavy atom. The first-order chi connectivity index (χ1) is 12.8. The van der Waals surface area contributed by atoms with Gasteiger partial charge in [0.25, 0.3) is 5.69 Å². The Labute approximate surface area is 157 Å². The number of allylic oxidation sites excluding steroid dienone is 2. The van der Waals surface area contributed by atoms with E-state index in [0.717, 1.165) is 6.07 Å². The van der Waals surface area contributed by atoms with E-state index in [9.17, 15) is 23.3 Å². The van der Waals surface area contributed by atoms with E-state index in [1.54, 1.807) is 18.2 Å². The topological polar surface area (TPSA) is 55.2 Å². The summed E-state index contributed by atoms with van der Waals surface area (Å²) in [5, 5.41) is 14.0. The van der Waals surface area contributed by atoms with E-state index in [4.69, 9.17) is 11.6 Å². The lowest BCUT2D eigenvalue weighted by atomic mass is 9.76. The molecule has 1 heterocycles. The molecule has 27 heavy (non-hydrogen) atoms.